The van der Waals surface area contributed by atoms with Gasteiger partial charge in [0.2, 0.25) is 0 Å². The summed E-state index contributed by atoms with van der Waals surface area (Å²) in [5.74, 6) is 0.531. The van der Waals surface area contributed by atoms with Crippen LogP contribution in [-0.4, -0.2) is 16.5 Å². The van der Waals surface area contributed by atoms with Crippen LogP contribution in [0.5, 0.6) is 0 Å². The fourth-order valence-corrected chi connectivity index (χ4v) is 2.61. The summed E-state index contributed by atoms with van der Waals surface area (Å²) >= 11 is 0. The number of pyridine rings is 1. The van der Waals surface area contributed by atoms with E-state index in [1.165, 1.54) is 0 Å². The van der Waals surface area contributed by atoms with E-state index >= 15 is 0 Å². The minimum atomic E-state index is -0.577. The first-order chi connectivity index (χ1) is 10.1. The molecule has 106 valence electrons. The first kappa shape index (κ1) is 13.5. The van der Waals surface area contributed by atoms with Crippen molar-refractivity contribution >= 4 is 11.5 Å². The molecule has 0 unspecified atom stereocenters. The van der Waals surface area contributed by atoms with Crippen molar-refractivity contribution in [2.75, 3.05) is 0 Å². The molecule has 0 saturated carbocycles. The Morgan fingerprint density at radius 1 is 1.10 bits per heavy atom. The fourth-order valence-electron chi connectivity index (χ4n) is 2.61. The maximum absolute atomic E-state index is 5.93. The van der Waals surface area contributed by atoms with E-state index in [9.17, 15) is 0 Å². The molecule has 2 aromatic rings. The molecule has 0 spiro atoms. The van der Waals surface area contributed by atoms with Gasteiger partial charge in [0.05, 0.1) is 5.71 Å². The highest BCUT2D eigenvalue weighted by molar-refractivity contribution is 6.41. The van der Waals surface area contributed by atoms with E-state index in [4.69, 9.17) is 10.7 Å². The second-order valence-electron chi connectivity index (χ2n) is 5.19. The highest BCUT2D eigenvalue weighted by Crippen LogP contribution is 2.36. The number of hydrogen-bond acceptors (Lipinski definition) is 4. The Morgan fingerprint density at radius 2 is 1.90 bits per heavy atom. The summed E-state index contributed by atoms with van der Waals surface area (Å²) in [6.45, 7) is 3.98. The van der Waals surface area contributed by atoms with Crippen LogP contribution in [0.15, 0.2) is 58.8 Å². The molecule has 2 N–H and O–H groups in total. The van der Waals surface area contributed by atoms with Gasteiger partial charge in [-0.2, -0.15) is 0 Å². The lowest BCUT2D eigenvalue weighted by Gasteiger charge is -2.22. The summed E-state index contributed by atoms with van der Waals surface area (Å²) in [5.41, 5.74) is 9.42. The molecule has 0 fully saturated rings. The predicted octanol–water partition coefficient (Wildman–Crippen LogP) is 3.14. The van der Waals surface area contributed by atoms with Crippen LogP contribution in [-0.2, 0) is 5.66 Å². The van der Waals surface area contributed by atoms with Crippen LogP contribution < -0.4 is 5.73 Å². The van der Waals surface area contributed by atoms with Crippen molar-refractivity contribution in [1.82, 2.24) is 4.98 Å². The highest BCUT2D eigenvalue weighted by atomic mass is 15.2. The number of amidine groups is 1. The molecule has 0 saturated heterocycles. The first-order valence-corrected chi connectivity index (χ1v) is 7.08. The van der Waals surface area contributed by atoms with E-state index in [0.29, 0.717) is 5.84 Å². The van der Waals surface area contributed by atoms with Crippen molar-refractivity contribution in [2.24, 2.45) is 15.7 Å². The Labute approximate surface area is 124 Å². The van der Waals surface area contributed by atoms with Crippen molar-refractivity contribution in [2.45, 2.75) is 25.9 Å². The molecule has 1 atom stereocenters. The Morgan fingerprint density at radius 3 is 2.52 bits per heavy atom. The molecule has 2 heterocycles. The Hall–Kier alpha value is -2.49. The standard InChI is InChI=1S/C17H18N4/c1-3-17(20-12(2)16(18)21-17)15-8-4-6-13(10-15)14-7-5-9-19-11-14/h4-11H,3H2,1-2H3,(H2,18,21)/t17-/m0/s1. The number of nitrogens with zero attached hydrogens (tertiary/aromatic N) is 3. The van der Waals surface area contributed by atoms with Gasteiger partial charge in [0.15, 0.2) is 5.66 Å². The average molecular weight is 278 g/mol. The summed E-state index contributed by atoms with van der Waals surface area (Å²) in [6, 6.07) is 12.3. The molecule has 4 heteroatoms. The number of aromatic nitrogens is 1. The molecule has 1 aliphatic rings. The van der Waals surface area contributed by atoms with E-state index in [1.54, 1.807) is 6.20 Å². The van der Waals surface area contributed by atoms with Gasteiger partial charge in [-0.25, -0.2) is 4.99 Å². The zero-order chi connectivity index (χ0) is 14.9. The number of benzene rings is 1. The minimum absolute atomic E-state index is 0.531. The molecule has 3 rings (SSSR count). The van der Waals surface area contributed by atoms with E-state index < -0.39 is 5.66 Å². The van der Waals surface area contributed by atoms with Gasteiger partial charge in [-0.15, -0.1) is 0 Å². The van der Waals surface area contributed by atoms with Crippen LogP contribution in [0.4, 0.5) is 0 Å². The molecular weight excluding hydrogens is 260 g/mol. The van der Waals surface area contributed by atoms with Gasteiger partial charge >= 0.3 is 0 Å². The SMILES string of the molecule is CC[C@]1(c2cccc(-c3cccnc3)c2)N=C(C)C(N)=N1. The molecule has 4 nitrogen and oxygen atoms in total. The fraction of sp³-hybridized carbons (Fsp3) is 0.235. The number of hydrogen-bond donors (Lipinski definition) is 1. The number of rotatable bonds is 3. The maximum Gasteiger partial charge on any atom is 0.178 e. The lowest BCUT2D eigenvalue weighted by atomic mass is 9.94. The van der Waals surface area contributed by atoms with E-state index in [1.807, 2.05) is 31.3 Å². The molecular formula is C17H18N4. The minimum Gasteiger partial charge on any atom is -0.382 e. The lowest BCUT2D eigenvalue weighted by molar-refractivity contribution is 0.465. The molecule has 0 aliphatic carbocycles. The largest absolute Gasteiger partial charge is 0.382 e. The van der Waals surface area contributed by atoms with Crippen LogP contribution in [0.1, 0.15) is 25.8 Å². The zero-order valence-corrected chi connectivity index (χ0v) is 12.2. The summed E-state index contributed by atoms with van der Waals surface area (Å²) in [4.78, 5) is 13.5. The topological polar surface area (TPSA) is 63.6 Å². The van der Waals surface area contributed by atoms with Gasteiger partial charge in [-0.3, -0.25) is 9.98 Å². The molecule has 1 aromatic heterocycles. The van der Waals surface area contributed by atoms with Crippen molar-refractivity contribution < 1.29 is 0 Å². The van der Waals surface area contributed by atoms with Crippen molar-refractivity contribution in [1.29, 1.82) is 0 Å². The number of nitrogens with two attached hydrogens (primary N) is 1. The van der Waals surface area contributed by atoms with Crippen LogP contribution in [0.2, 0.25) is 0 Å². The quantitative estimate of drug-likeness (QED) is 0.937. The molecule has 0 bridgehead atoms. The number of aliphatic imine (C=N–C) groups is 2. The van der Waals surface area contributed by atoms with Gasteiger partial charge in [-0.1, -0.05) is 31.2 Å². The van der Waals surface area contributed by atoms with Gasteiger partial charge in [0.1, 0.15) is 5.84 Å². The van der Waals surface area contributed by atoms with E-state index in [-0.39, 0.29) is 0 Å². The lowest BCUT2D eigenvalue weighted by Crippen LogP contribution is -2.19. The summed E-state index contributed by atoms with van der Waals surface area (Å²) in [5, 5.41) is 0. The molecule has 21 heavy (non-hydrogen) atoms. The summed E-state index contributed by atoms with van der Waals surface area (Å²) < 4.78 is 0. The van der Waals surface area contributed by atoms with Crippen LogP contribution >= 0.6 is 0 Å². The molecule has 0 amide bonds. The molecule has 1 aromatic carbocycles. The van der Waals surface area contributed by atoms with Gasteiger partial charge < -0.3 is 5.73 Å². The normalized spacial score (nSPS) is 21.0. The Bertz CT molecular complexity index is 699. The van der Waals surface area contributed by atoms with Gasteiger partial charge in [-0.05, 0) is 36.6 Å². The van der Waals surface area contributed by atoms with Crippen molar-refractivity contribution in [3.63, 3.8) is 0 Å². The third-order valence-corrected chi connectivity index (χ3v) is 3.84. The maximum atomic E-state index is 5.93. The first-order valence-electron chi connectivity index (χ1n) is 7.08. The van der Waals surface area contributed by atoms with Gasteiger partial charge in [0, 0.05) is 18.0 Å². The van der Waals surface area contributed by atoms with Crippen LogP contribution in [0.25, 0.3) is 11.1 Å². The van der Waals surface area contributed by atoms with Crippen LogP contribution in [0.3, 0.4) is 0 Å². The van der Waals surface area contributed by atoms with Gasteiger partial charge in [0.25, 0.3) is 0 Å². The highest BCUT2D eigenvalue weighted by Gasteiger charge is 2.34. The molecule has 1 aliphatic heterocycles. The van der Waals surface area contributed by atoms with Crippen LogP contribution in [0, 0.1) is 0 Å². The third-order valence-electron chi connectivity index (χ3n) is 3.84. The smallest absolute Gasteiger partial charge is 0.178 e. The van der Waals surface area contributed by atoms with E-state index in [2.05, 4.69) is 35.1 Å². The zero-order valence-electron chi connectivity index (χ0n) is 12.2. The second kappa shape index (κ2) is 5.13. The third kappa shape index (κ3) is 2.33. The predicted molar refractivity (Wildman–Crippen MR) is 86.4 cm³/mol. The monoisotopic (exact) mass is 278 g/mol. The summed E-state index contributed by atoms with van der Waals surface area (Å²) in [6.07, 6.45) is 4.41. The van der Waals surface area contributed by atoms with Crippen molar-refractivity contribution in [3.05, 3.63) is 54.4 Å². The summed E-state index contributed by atoms with van der Waals surface area (Å²) in [7, 11) is 0. The van der Waals surface area contributed by atoms with Crippen molar-refractivity contribution in [3.8, 4) is 11.1 Å². The Kier molecular flexibility index (Phi) is 3.29. The van der Waals surface area contributed by atoms with E-state index in [0.717, 1.165) is 28.8 Å². The Balaban J connectivity index is 2.09. The average Bonchev–Trinajstić information content (AvgIpc) is 2.84. The molecule has 0 radical (unpaired) electrons. The second-order valence-corrected chi connectivity index (χ2v) is 5.19.